The van der Waals surface area contributed by atoms with Crippen molar-refractivity contribution < 1.29 is 27.9 Å². The van der Waals surface area contributed by atoms with Crippen molar-refractivity contribution in [1.29, 1.82) is 0 Å². The summed E-state index contributed by atoms with van der Waals surface area (Å²) in [6.45, 7) is 1.60. The van der Waals surface area contributed by atoms with Gasteiger partial charge < -0.3 is 10.4 Å². The molecule has 9 heteroatoms. The summed E-state index contributed by atoms with van der Waals surface area (Å²) in [4.78, 5) is 26.9. The normalized spacial score (nSPS) is 11.3. The quantitative estimate of drug-likeness (QED) is 0.891. The van der Waals surface area contributed by atoms with Crippen molar-refractivity contribution in [2.24, 2.45) is 0 Å². The van der Waals surface area contributed by atoms with Crippen molar-refractivity contribution in [3.63, 3.8) is 0 Å². The maximum Gasteiger partial charge on any atom is 0.416 e. The van der Waals surface area contributed by atoms with Gasteiger partial charge in [-0.2, -0.15) is 13.2 Å². The van der Waals surface area contributed by atoms with Crippen molar-refractivity contribution in [3.05, 3.63) is 45.4 Å². The molecule has 0 fully saturated rings. The number of aryl methyl sites for hydroxylation is 1. The van der Waals surface area contributed by atoms with Crippen LogP contribution in [0.4, 0.5) is 18.9 Å². The standard InChI is InChI=1S/C14H11F3N2O3S/c1-7-18-10(12(23-7)13(21)22)6-11(20)19-9-4-2-3-8(5-9)14(15,16)17/h2-5H,6H2,1H3,(H,19,20)(H,21,22). The van der Waals surface area contributed by atoms with Crippen LogP contribution < -0.4 is 5.32 Å². The zero-order valence-corrected chi connectivity index (χ0v) is 12.6. The number of aromatic carboxylic acids is 1. The summed E-state index contributed by atoms with van der Waals surface area (Å²) in [6, 6.07) is 4.19. The lowest BCUT2D eigenvalue weighted by Crippen LogP contribution is -2.17. The zero-order valence-electron chi connectivity index (χ0n) is 11.8. The Morgan fingerprint density at radius 2 is 2.04 bits per heavy atom. The fourth-order valence-corrected chi connectivity index (χ4v) is 2.66. The van der Waals surface area contributed by atoms with E-state index in [1.54, 1.807) is 6.92 Å². The fraction of sp³-hybridized carbons (Fsp3) is 0.214. The van der Waals surface area contributed by atoms with Crippen molar-refractivity contribution in [3.8, 4) is 0 Å². The Morgan fingerprint density at radius 1 is 1.35 bits per heavy atom. The molecule has 0 bridgehead atoms. The molecule has 0 unspecified atom stereocenters. The van der Waals surface area contributed by atoms with Crippen molar-refractivity contribution in [1.82, 2.24) is 4.98 Å². The number of alkyl halides is 3. The molecule has 0 aliphatic heterocycles. The number of amides is 1. The number of aromatic nitrogens is 1. The molecule has 2 aromatic rings. The van der Waals surface area contributed by atoms with E-state index in [1.165, 1.54) is 12.1 Å². The Bertz CT molecular complexity index is 756. The van der Waals surface area contributed by atoms with E-state index in [0.29, 0.717) is 5.01 Å². The van der Waals surface area contributed by atoms with Crippen molar-refractivity contribution in [2.45, 2.75) is 19.5 Å². The van der Waals surface area contributed by atoms with Gasteiger partial charge in [-0.3, -0.25) is 4.79 Å². The van der Waals surface area contributed by atoms with Gasteiger partial charge in [0.05, 0.1) is 22.7 Å². The first-order chi connectivity index (χ1) is 10.7. The third-order valence-corrected chi connectivity index (χ3v) is 3.80. The van der Waals surface area contributed by atoms with Gasteiger partial charge >= 0.3 is 12.1 Å². The summed E-state index contributed by atoms with van der Waals surface area (Å²) in [6.07, 6.45) is -4.84. The maximum atomic E-state index is 12.6. The molecule has 1 aromatic carbocycles. The van der Waals surface area contributed by atoms with Crippen LogP contribution in [-0.2, 0) is 17.4 Å². The number of nitrogens with zero attached hydrogens (tertiary/aromatic N) is 1. The lowest BCUT2D eigenvalue weighted by molar-refractivity contribution is -0.137. The van der Waals surface area contributed by atoms with Gasteiger partial charge in [0.2, 0.25) is 5.91 Å². The highest BCUT2D eigenvalue weighted by Gasteiger charge is 2.30. The van der Waals surface area contributed by atoms with E-state index in [1.807, 2.05) is 0 Å². The molecule has 0 saturated carbocycles. The fourth-order valence-electron chi connectivity index (χ4n) is 1.89. The molecule has 2 N–H and O–H groups in total. The third kappa shape index (κ3) is 4.28. The van der Waals surface area contributed by atoms with Crippen LogP contribution in [0.25, 0.3) is 0 Å². The number of benzene rings is 1. The highest BCUT2D eigenvalue weighted by atomic mass is 32.1. The second kappa shape index (κ2) is 6.37. The number of anilines is 1. The molecule has 5 nitrogen and oxygen atoms in total. The smallest absolute Gasteiger partial charge is 0.416 e. The SMILES string of the molecule is Cc1nc(CC(=O)Nc2cccc(C(F)(F)F)c2)c(C(=O)O)s1. The monoisotopic (exact) mass is 344 g/mol. The lowest BCUT2D eigenvalue weighted by atomic mass is 10.2. The van der Waals surface area contributed by atoms with Gasteiger partial charge in [0.15, 0.2) is 0 Å². The Labute approximate surface area is 132 Å². The number of hydrogen-bond donors (Lipinski definition) is 2. The summed E-state index contributed by atoms with van der Waals surface area (Å²) in [5, 5.41) is 11.8. The van der Waals surface area contributed by atoms with Crippen LogP contribution >= 0.6 is 11.3 Å². The second-order valence-electron chi connectivity index (χ2n) is 4.62. The van der Waals surface area contributed by atoms with Crippen LogP contribution in [0.15, 0.2) is 24.3 Å². The zero-order chi connectivity index (χ0) is 17.2. The first-order valence-electron chi connectivity index (χ1n) is 6.33. The van der Waals surface area contributed by atoms with Gasteiger partial charge in [-0.05, 0) is 25.1 Å². The topological polar surface area (TPSA) is 79.3 Å². The maximum absolute atomic E-state index is 12.6. The highest BCUT2D eigenvalue weighted by molar-refractivity contribution is 7.13. The lowest BCUT2D eigenvalue weighted by Gasteiger charge is -2.09. The molecular formula is C14H11F3N2O3S. The van der Waals surface area contributed by atoms with Crippen LogP contribution in [0.1, 0.15) is 25.9 Å². The Balaban J connectivity index is 2.13. The molecule has 1 heterocycles. The van der Waals surface area contributed by atoms with E-state index >= 15 is 0 Å². The van der Waals surface area contributed by atoms with E-state index in [9.17, 15) is 22.8 Å². The summed E-state index contributed by atoms with van der Waals surface area (Å²) >= 11 is 0.937. The largest absolute Gasteiger partial charge is 0.477 e. The molecule has 2 rings (SSSR count). The van der Waals surface area contributed by atoms with Crippen LogP contribution in [0.5, 0.6) is 0 Å². The molecule has 1 amide bonds. The minimum Gasteiger partial charge on any atom is -0.477 e. The van der Waals surface area contributed by atoms with Gasteiger partial charge in [0.1, 0.15) is 4.88 Å². The molecule has 122 valence electrons. The first kappa shape index (κ1) is 16.9. The van der Waals surface area contributed by atoms with Gasteiger partial charge in [-0.1, -0.05) is 6.07 Å². The highest BCUT2D eigenvalue weighted by Crippen LogP contribution is 2.30. The van der Waals surface area contributed by atoms with E-state index in [0.717, 1.165) is 23.5 Å². The van der Waals surface area contributed by atoms with E-state index in [4.69, 9.17) is 5.11 Å². The van der Waals surface area contributed by atoms with Gasteiger partial charge in [-0.15, -0.1) is 11.3 Å². The van der Waals surface area contributed by atoms with E-state index in [2.05, 4.69) is 10.3 Å². The Morgan fingerprint density at radius 3 is 2.65 bits per heavy atom. The average molecular weight is 344 g/mol. The molecule has 0 atom stereocenters. The summed E-state index contributed by atoms with van der Waals surface area (Å²) in [5.74, 6) is -1.84. The predicted octanol–water partition coefficient (Wildman–Crippen LogP) is 3.35. The van der Waals surface area contributed by atoms with Gasteiger partial charge in [0, 0.05) is 5.69 Å². The summed E-state index contributed by atoms with van der Waals surface area (Å²) < 4.78 is 37.8. The van der Waals surface area contributed by atoms with Crippen LogP contribution in [-0.4, -0.2) is 22.0 Å². The molecule has 0 aliphatic rings. The number of carboxylic acid groups (broad SMARTS) is 1. The van der Waals surface area contributed by atoms with Gasteiger partial charge in [0.25, 0.3) is 0 Å². The Hall–Kier alpha value is -2.42. The third-order valence-electron chi connectivity index (χ3n) is 2.80. The number of thiazole rings is 1. The van der Waals surface area contributed by atoms with E-state index < -0.39 is 23.6 Å². The van der Waals surface area contributed by atoms with Crippen LogP contribution in [0.2, 0.25) is 0 Å². The number of rotatable bonds is 4. The van der Waals surface area contributed by atoms with Crippen LogP contribution in [0.3, 0.4) is 0 Å². The second-order valence-corrected chi connectivity index (χ2v) is 5.82. The Kier molecular flexibility index (Phi) is 4.69. The minimum absolute atomic E-state index is 0.0198. The van der Waals surface area contributed by atoms with Crippen molar-refractivity contribution in [2.75, 3.05) is 5.32 Å². The first-order valence-corrected chi connectivity index (χ1v) is 7.15. The van der Waals surface area contributed by atoms with Crippen LogP contribution in [0, 0.1) is 6.92 Å². The number of nitrogens with one attached hydrogen (secondary N) is 1. The number of carbonyl (C=O) groups is 2. The molecule has 0 spiro atoms. The average Bonchev–Trinajstić information content (AvgIpc) is 2.79. The summed E-state index contributed by atoms with van der Waals surface area (Å²) in [5.41, 5.74) is -0.816. The molecule has 0 aliphatic carbocycles. The summed E-state index contributed by atoms with van der Waals surface area (Å²) in [7, 11) is 0. The number of halogens is 3. The van der Waals surface area contributed by atoms with E-state index in [-0.39, 0.29) is 22.7 Å². The minimum atomic E-state index is -4.51. The number of hydrogen-bond acceptors (Lipinski definition) is 4. The molecule has 0 radical (unpaired) electrons. The number of carboxylic acids is 1. The van der Waals surface area contributed by atoms with Crippen molar-refractivity contribution >= 4 is 28.9 Å². The predicted molar refractivity (Wildman–Crippen MR) is 77.6 cm³/mol. The number of carbonyl (C=O) groups excluding carboxylic acids is 1. The van der Waals surface area contributed by atoms with Gasteiger partial charge in [-0.25, -0.2) is 9.78 Å². The molecular weight excluding hydrogens is 333 g/mol. The molecule has 1 aromatic heterocycles. The molecule has 23 heavy (non-hydrogen) atoms. The molecule has 0 saturated heterocycles.